The molecule has 0 amide bonds. The van der Waals surface area contributed by atoms with E-state index in [4.69, 9.17) is 47.4 Å². The van der Waals surface area contributed by atoms with Crippen LogP contribution in [0.25, 0.3) is 0 Å². The van der Waals surface area contributed by atoms with E-state index in [0.29, 0.717) is 57.5 Å². The Morgan fingerprint density at radius 3 is 0.622 bits per heavy atom. The van der Waals surface area contributed by atoms with Crippen molar-refractivity contribution in [2.75, 3.05) is 41.4 Å². The lowest BCUT2D eigenvalue weighted by Crippen LogP contribution is -2.23. The van der Waals surface area contributed by atoms with Gasteiger partial charge in [0, 0.05) is 68.2 Å². The van der Waals surface area contributed by atoms with E-state index in [1.54, 1.807) is 14.2 Å². The average molecular weight is 1250 g/mol. The monoisotopic (exact) mass is 1240 g/mol. The molecule has 0 aromatic heterocycles. The fourth-order valence-corrected chi connectivity index (χ4v) is 15.5. The van der Waals surface area contributed by atoms with Gasteiger partial charge in [-0.1, -0.05) is 259 Å². The molecule has 4 heterocycles. The van der Waals surface area contributed by atoms with E-state index in [0.717, 1.165) is 147 Å². The van der Waals surface area contributed by atoms with E-state index >= 15 is 0 Å². The second kappa shape index (κ2) is 36.7. The second-order valence-corrected chi connectivity index (χ2v) is 26.9. The first kappa shape index (κ1) is 68.8. The fourth-order valence-electron chi connectivity index (χ4n) is 15.5. The molecule has 0 spiro atoms. The van der Waals surface area contributed by atoms with E-state index in [9.17, 15) is 10.2 Å². The van der Waals surface area contributed by atoms with Gasteiger partial charge in [0.1, 0.15) is 0 Å². The van der Waals surface area contributed by atoms with Crippen LogP contribution in [0.2, 0.25) is 0 Å². The van der Waals surface area contributed by atoms with Gasteiger partial charge in [-0.2, -0.15) is 0 Å². The lowest BCUT2D eigenvalue weighted by Gasteiger charge is -2.36. The normalized spacial score (nSPS) is 17.4. The third kappa shape index (κ3) is 17.2. The molecular weight excluding hydrogens is 1130 g/mol. The summed E-state index contributed by atoms with van der Waals surface area (Å²) >= 11 is 0. The van der Waals surface area contributed by atoms with Crippen LogP contribution in [0.15, 0.2) is 24.3 Å². The van der Waals surface area contributed by atoms with Crippen LogP contribution in [-0.2, 0) is 0 Å². The molecule has 0 saturated carbocycles. The van der Waals surface area contributed by atoms with E-state index in [1.165, 1.54) is 154 Å². The van der Waals surface area contributed by atoms with Crippen molar-refractivity contribution in [3.8, 4) is 69.0 Å². The number of phenols is 2. The van der Waals surface area contributed by atoms with Gasteiger partial charge in [0.15, 0.2) is 46.0 Å². The van der Waals surface area contributed by atoms with Crippen LogP contribution in [0.3, 0.4) is 0 Å². The standard InChI is InChI=1S/C78H116O12/c1-7-11-15-19-23-27-31-35-39-43-55-59-47-60-56(44-40-36-32-28-24-20-16-12-8-2)65-50-66-58(46-42-38-34-30-26-22-18-14-10-4)62-48-61-57(45-41-37-33-29-25-21-17-13-9-3)64-49-63(55)73-77(81-5)74(64)88-53-85-71(61)68(80)72(62)86-54-90-76(66)78(82-6)75(65)89-52-84-70(60)67(79)69(59)83-51-87-73/h47-50,55-58,79-80H,7-46,51-54H2,1-6H3. The minimum Gasteiger partial charge on any atom is -0.502 e. The van der Waals surface area contributed by atoms with Gasteiger partial charge < -0.3 is 57.6 Å². The van der Waals surface area contributed by atoms with Gasteiger partial charge in [-0.05, 0) is 49.9 Å². The number of methoxy groups -OCH3 is 2. The molecule has 0 fully saturated rings. The number of phenolic OH excluding ortho intramolecular Hbond substituents is 2. The Bertz CT molecular complexity index is 2470. The van der Waals surface area contributed by atoms with Gasteiger partial charge in [0.25, 0.3) is 0 Å². The van der Waals surface area contributed by atoms with Gasteiger partial charge in [-0.3, -0.25) is 0 Å². The quantitative estimate of drug-likeness (QED) is 0.0409. The molecular formula is C78H116O12. The molecule has 4 atom stereocenters. The van der Waals surface area contributed by atoms with Gasteiger partial charge >= 0.3 is 0 Å². The summed E-state index contributed by atoms with van der Waals surface area (Å²) in [6.45, 7) is 8.33. The summed E-state index contributed by atoms with van der Waals surface area (Å²) < 4.78 is 67.5. The molecule has 0 saturated heterocycles. The third-order valence-corrected chi connectivity index (χ3v) is 20.4. The van der Waals surface area contributed by atoms with E-state index < -0.39 is 0 Å². The van der Waals surface area contributed by atoms with Crippen molar-refractivity contribution in [3.05, 3.63) is 68.8 Å². The highest BCUT2D eigenvalue weighted by atomic mass is 16.7. The number of rotatable bonds is 42. The first-order valence-corrected chi connectivity index (χ1v) is 36.7. The predicted octanol–water partition coefficient (Wildman–Crippen LogP) is 22.6. The molecule has 12 nitrogen and oxygen atoms in total. The number of hydrogen-bond acceptors (Lipinski definition) is 12. The van der Waals surface area contributed by atoms with Crippen LogP contribution in [0, 0.1) is 0 Å². The Balaban J connectivity index is 1.26. The minimum absolute atomic E-state index is 0.0412. The molecule has 4 unspecified atom stereocenters. The molecule has 8 bridgehead atoms. The Morgan fingerprint density at radius 1 is 0.267 bits per heavy atom. The SMILES string of the molecule is CCCCCCCCCCCC1c2cc3c4c(O)c2OCOc2c1cc1c(c2OC)OCOc2c(cc5c(c2O)OCOc2c(cc(c(c2OC)OCO4)C3CCCCCCCCCCC)C5CCCCCCCCCCC)C1CCCCCCCCCCC. The van der Waals surface area contributed by atoms with Crippen molar-refractivity contribution in [2.45, 2.75) is 308 Å². The molecule has 4 aromatic carbocycles. The molecule has 4 aromatic rings. The van der Waals surface area contributed by atoms with Crippen molar-refractivity contribution in [1.82, 2.24) is 0 Å². The number of ether oxygens (including phenoxy) is 10. The first-order chi connectivity index (χ1) is 44.4. The maximum atomic E-state index is 13.1. The van der Waals surface area contributed by atoms with Crippen LogP contribution in [-0.4, -0.2) is 51.6 Å². The summed E-state index contributed by atoms with van der Waals surface area (Å²) in [5.41, 5.74) is 7.42. The number of hydrogen-bond donors (Lipinski definition) is 2. The topological polar surface area (TPSA) is 133 Å². The van der Waals surface area contributed by atoms with Crippen molar-refractivity contribution in [2.24, 2.45) is 0 Å². The van der Waals surface area contributed by atoms with Gasteiger partial charge in [0.05, 0.1) is 14.2 Å². The van der Waals surface area contributed by atoms with Crippen LogP contribution in [0.4, 0.5) is 0 Å². The summed E-state index contributed by atoms with van der Waals surface area (Å²) in [7, 11) is 3.41. The molecule has 0 radical (unpaired) electrons. The van der Waals surface area contributed by atoms with Crippen molar-refractivity contribution in [3.63, 3.8) is 0 Å². The van der Waals surface area contributed by atoms with E-state index in [2.05, 4.69) is 52.0 Å². The maximum Gasteiger partial charge on any atom is 0.231 e. The zero-order chi connectivity index (χ0) is 62.9. The summed E-state index contributed by atoms with van der Waals surface area (Å²) in [4.78, 5) is 0. The van der Waals surface area contributed by atoms with E-state index in [-0.39, 0.29) is 62.3 Å². The molecule has 500 valence electrons. The van der Waals surface area contributed by atoms with Crippen LogP contribution in [0.5, 0.6) is 69.0 Å². The van der Waals surface area contributed by atoms with Gasteiger partial charge in [0.2, 0.25) is 50.2 Å². The summed E-state index contributed by atoms with van der Waals surface area (Å²) in [5.74, 6) is 3.40. The number of unbranched alkanes of at least 4 members (excludes halogenated alkanes) is 32. The Hall–Kier alpha value is -5.52. The Kier molecular flexibility index (Phi) is 28.0. The highest BCUT2D eigenvalue weighted by molar-refractivity contribution is 5.73. The highest BCUT2D eigenvalue weighted by Crippen LogP contribution is 2.62. The van der Waals surface area contributed by atoms with Crippen molar-refractivity contribution in [1.29, 1.82) is 0 Å². The van der Waals surface area contributed by atoms with Crippen molar-refractivity contribution >= 4 is 0 Å². The third-order valence-electron chi connectivity index (χ3n) is 20.4. The largest absolute Gasteiger partial charge is 0.502 e. The highest BCUT2D eigenvalue weighted by Gasteiger charge is 2.42. The lowest BCUT2D eigenvalue weighted by atomic mass is 9.75. The predicted molar refractivity (Wildman–Crippen MR) is 361 cm³/mol. The van der Waals surface area contributed by atoms with Crippen LogP contribution < -0.4 is 47.4 Å². The first-order valence-electron chi connectivity index (χ1n) is 36.7. The average Bonchev–Trinajstić information content (AvgIpc) is 0.778. The molecule has 5 aliphatic rings. The minimum atomic E-state index is -0.306. The zero-order valence-electron chi connectivity index (χ0n) is 56.7. The Labute approximate surface area is 542 Å². The lowest BCUT2D eigenvalue weighted by molar-refractivity contribution is 0.0863. The molecule has 4 aliphatic heterocycles. The van der Waals surface area contributed by atoms with Crippen molar-refractivity contribution < 1.29 is 57.6 Å². The maximum absolute atomic E-state index is 13.1. The van der Waals surface area contributed by atoms with Crippen LogP contribution >= 0.6 is 0 Å². The summed E-state index contributed by atoms with van der Waals surface area (Å²) in [5, 5.41) is 26.2. The fraction of sp³-hybridized carbons (Fsp3) is 0.692. The number of benzene rings is 4. The Morgan fingerprint density at radius 2 is 0.433 bits per heavy atom. The van der Waals surface area contributed by atoms with Crippen LogP contribution in [0.1, 0.15) is 353 Å². The summed E-state index contributed by atoms with van der Waals surface area (Å²) in [6.07, 6.45) is 46.1. The molecule has 1 aliphatic carbocycles. The second-order valence-electron chi connectivity index (χ2n) is 26.9. The number of aromatic hydroxyl groups is 2. The smallest absolute Gasteiger partial charge is 0.231 e. The molecule has 12 heteroatoms. The zero-order valence-corrected chi connectivity index (χ0v) is 56.7. The van der Waals surface area contributed by atoms with Gasteiger partial charge in [-0.25, -0.2) is 0 Å². The van der Waals surface area contributed by atoms with E-state index in [1.807, 2.05) is 0 Å². The molecule has 9 rings (SSSR count). The van der Waals surface area contributed by atoms with Gasteiger partial charge in [-0.15, -0.1) is 0 Å². The molecule has 90 heavy (non-hydrogen) atoms. The summed E-state index contributed by atoms with van der Waals surface area (Å²) in [6, 6.07) is 9.29. The molecule has 2 N–H and O–H groups in total.